The molecule has 1 aliphatic heterocycles. The number of nitrogens with one attached hydrogen (secondary N) is 2. The minimum Gasteiger partial charge on any atom is -0.375 e. The molecule has 0 amide bonds. The summed E-state index contributed by atoms with van der Waals surface area (Å²) in [5.41, 5.74) is 2.10. The molecular formula is C11H12N2O3. The lowest BCUT2D eigenvalue weighted by Crippen LogP contribution is -2.48. The predicted molar refractivity (Wildman–Crippen MR) is 58.4 cm³/mol. The quantitative estimate of drug-likeness (QED) is 0.784. The third-order valence-corrected chi connectivity index (χ3v) is 3.10. The largest absolute Gasteiger partial charge is 0.375 e. The molecule has 1 fully saturated rings. The fraction of sp³-hybridized carbons (Fsp3) is 0.364. The topological polar surface area (TPSA) is 67.1 Å². The van der Waals surface area contributed by atoms with Crippen LogP contribution in [0.4, 0.5) is 0 Å². The summed E-state index contributed by atoms with van der Waals surface area (Å²) in [6, 6.07) is 5.76. The highest BCUT2D eigenvalue weighted by atomic mass is 16.6. The SMILES string of the molecule is COC1(c2ccc3[nH]c(=O)[nH]c3c2)COC1. The monoisotopic (exact) mass is 220 g/mol. The first-order valence-electron chi connectivity index (χ1n) is 5.09. The van der Waals surface area contributed by atoms with E-state index in [9.17, 15) is 4.79 Å². The number of ether oxygens (including phenoxy) is 2. The van der Waals surface area contributed by atoms with E-state index in [1.807, 2.05) is 18.2 Å². The second-order valence-electron chi connectivity index (χ2n) is 4.03. The highest BCUT2D eigenvalue weighted by Gasteiger charge is 2.40. The number of H-pyrrole nitrogens is 2. The molecule has 0 radical (unpaired) electrons. The maximum atomic E-state index is 11.1. The average Bonchev–Trinajstić information content (AvgIpc) is 2.56. The van der Waals surface area contributed by atoms with Crippen LogP contribution in [0.15, 0.2) is 23.0 Å². The first kappa shape index (κ1) is 9.62. The fourth-order valence-corrected chi connectivity index (χ4v) is 2.01. The van der Waals surface area contributed by atoms with E-state index in [-0.39, 0.29) is 11.3 Å². The van der Waals surface area contributed by atoms with Crippen LogP contribution in [-0.2, 0) is 15.1 Å². The summed E-state index contributed by atoms with van der Waals surface area (Å²) in [5, 5.41) is 0. The molecule has 0 spiro atoms. The smallest absolute Gasteiger partial charge is 0.323 e. The molecule has 5 heteroatoms. The molecule has 0 saturated carbocycles. The summed E-state index contributed by atoms with van der Waals surface area (Å²) >= 11 is 0. The van der Waals surface area contributed by atoms with Crippen LogP contribution >= 0.6 is 0 Å². The van der Waals surface area contributed by atoms with E-state index in [0.29, 0.717) is 13.2 Å². The third-order valence-electron chi connectivity index (χ3n) is 3.10. The second kappa shape index (κ2) is 3.20. The van der Waals surface area contributed by atoms with Gasteiger partial charge in [0.15, 0.2) is 0 Å². The molecule has 3 rings (SSSR count). The number of hydrogen-bond donors (Lipinski definition) is 2. The molecule has 1 aromatic carbocycles. The number of fused-ring (bicyclic) bond motifs is 1. The van der Waals surface area contributed by atoms with E-state index < -0.39 is 0 Å². The summed E-state index contributed by atoms with van der Waals surface area (Å²) in [6.07, 6.45) is 0. The van der Waals surface area contributed by atoms with Gasteiger partial charge in [0.1, 0.15) is 5.60 Å². The molecular weight excluding hydrogens is 208 g/mol. The molecule has 0 atom stereocenters. The zero-order valence-corrected chi connectivity index (χ0v) is 8.87. The summed E-state index contributed by atoms with van der Waals surface area (Å²) in [4.78, 5) is 16.6. The van der Waals surface area contributed by atoms with Crippen LogP contribution in [0.5, 0.6) is 0 Å². The van der Waals surface area contributed by atoms with Gasteiger partial charge in [-0.3, -0.25) is 0 Å². The zero-order valence-electron chi connectivity index (χ0n) is 8.87. The fourth-order valence-electron chi connectivity index (χ4n) is 2.01. The van der Waals surface area contributed by atoms with Gasteiger partial charge in [0, 0.05) is 7.11 Å². The van der Waals surface area contributed by atoms with Gasteiger partial charge in [-0.25, -0.2) is 4.79 Å². The van der Waals surface area contributed by atoms with Crippen LogP contribution in [0.25, 0.3) is 11.0 Å². The normalized spacial score (nSPS) is 18.6. The molecule has 2 N–H and O–H groups in total. The molecule has 16 heavy (non-hydrogen) atoms. The van der Waals surface area contributed by atoms with Crippen LogP contribution in [0.2, 0.25) is 0 Å². The number of methoxy groups -OCH3 is 1. The third kappa shape index (κ3) is 1.22. The minimum absolute atomic E-state index is 0.191. The van der Waals surface area contributed by atoms with E-state index in [2.05, 4.69) is 9.97 Å². The Morgan fingerprint density at radius 3 is 2.69 bits per heavy atom. The van der Waals surface area contributed by atoms with Gasteiger partial charge < -0.3 is 19.4 Å². The summed E-state index contributed by atoms with van der Waals surface area (Å²) in [5.74, 6) is 0. The summed E-state index contributed by atoms with van der Waals surface area (Å²) in [7, 11) is 1.67. The lowest BCUT2D eigenvalue weighted by atomic mass is 9.91. The first-order valence-corrected chi connectivity index (χ1v) is 5.09. The van der Waals surface area contributed by atoms with Crippen molar-refractivity contribution in [2.75, 3.05) is 20.3 Å². The van der Waals surface area contributed by atoms with Crippen molar-refractivity contribution in [2.24, 2.45) is 0 Å². The van der Waals surface area contributed by atoms with E-state index in [0.717, 1.165) is 16.6 Å². The van der Waals surface area contributed by atoms with Crippen LogP contribution < -0.4 is 5.69 Å². The molecule has 5 nitrogen and oxygen atoms in total. The minimum atomic E-state index is -0.345. The Kier molecular flexibility index (Phi) is 1.92. The highest BCUT2D eigenvalue weighted by molar-refractivity contribution is 5.75. The number of rotatable bonds is 2. The van der Waals surface area contributed by atoms with Gasteiger partial charge in [-0.1, -0.05) is 6.07 Å². The first-order chi connectivity index (χ1) is 7.73. The van der Waals surface area contributed by atoms with Crippen LogP contribution in [0.1, 0.15) is 5.56 Å². The molecule has 84 valence electrons. The average molecular weight is 220 g/mol. The molecule has 1 aliphatic rings. The van der Waals surface area contributed by atoms with Gasteiger partial charge in [-0.2, -0.15) is 0 Å². The van der Waals surface area contributed by atoms with Crippen molar-refractivity contribution in [3.63, 3.8) is 0 Å². The number of imidazole rings is 1. The number of aromatic nitrogens is 2. The van der Waals surface area contributed by atoms with E-state index >= 15 is 0 Å². The van der Waals surface area contributed by atoms with Gasteiger partial charge in [0.05, 0.1) is 24.2 Å². The molecule has 1 saturated heterocycles. The number of hydrogen-bond acceptors (Lipinski definition) is 3. The second-order valence-corrected chi connectivity index (χ2v) is 4.03. The predicted octanol–water partition coefficient (Wildman–Crippen LogP) is 0.728. The number of aromatic amines is 2. The molecule has 2 heterocycles. The van der Waals surface area contributed by atoms with Crippen molar-refractivity contribution in [3.05, 3.63) is 34.2 Å². The summed E-state index contributed by atoms with van der Waals surface area (Å²) in [6.45, 7) is 1.12. The Morgan fingerprint density at radius 1 is 1.31 bits per heavy atom. The highest BCUT2D eigenvalue weighted by Crippen LogP contribution is 2.33. The van der Waals surface area contributed by atoms with Crippen molar-refractivity contribution in [1.29, 1.82) is 0 Å². The molecule has 0 unspecified atom stereocenters. The lowest BCUT2D eigenvalue weighted by molar-refractivity contribution is -0.202. The van der Waals surface area contributed by atoms with E-state index in [1.165, 1.54) is 0 Å². The lowest BCUT2D eigenvalue weighted by Gasteiger charge is -2.40. The van der Waals surface area contributed by atoms with Gasteiger partial charge in [-0.05, 0) is 17.7 Å². The van der Waals surface area contributed by atoms with Crippen molar-refractivity contribution < 1.29 is 9.47 Å². The van der Waals surface area contributed by atoms with Crippen molar-refractivity contribution in [2.45, 2.75) is 5.60 Å². The van der Waals surface area contributed by atoms with Crippen LogP contribution in [0.3, 0.4) is 0 Å². The van der Waals surface area contributed by atoms with Gasteiger partial charge >= 0.3 is 5.69 Å². The van der Waals surface area contributed by atoms with Crippen LogP contribution in [0, 0.1) is 0 Å². The standard InChI is InChI=1S/C11H12N2O3/c1-15-11(5-16-6-11)7-2-3-8-9(4-7)13-10(14)12-8/h2-4H,5-6H2,1H3,(H2,12,13,14). The Morgan fingerprint density at radius 2 is 2.06 bits per heavy atom. The Balaban J connectivity index is 2.14. The molecule has 2 aromatic rings. The van der Waals surface area contributed by atoms with Crippen molar-refractivity contribution in [1.82, 2.24) is 9.97 Å². The number of benzene rings is 1. The van der Waals surface area contributed by atoms with Crippen molar-refractivity contribution >= 4 is 11.0 Å². The van der Waals surface area contributed by atoms with Crippen molar-refractivity contribution in [3.8, 4) is 0 Å². The van der Waals surface area contributed by atoms with Crippen LogP contribution in [-0.4, -0.2) is 30.3 Å². The van der Waals surface area contributed by atoms with E-state index in [1.54, 1.807) is 7.11 Å². The van der Waals surface area contributed by atoms with E-state index in [4.69, 9.17) is 9.47 Å². The van der Waals surface area contributed by atoms with Gasteiger partial charge in [-0.15, -0.1) is 0 Å². The maximum absolute atomic E-state index is 11.1. The van der Waals surface area contributed by atoms with Gasteiger partial charge in [0.2, 0.25) is 0 Å². The van der Waals surface area contributed by atoms with Gasteiger partial charge in [0.25, 0.3) is 0 Å². The molecule has 0 aliphatic carbocycles. The zero-order chi connectivity index (χ0) is 11.2. The molecule has 0 bridgehead atoms. The summed E-state index contributed by atoms with van der Waals surface area (Å²) < 4.78 is 10.7. The Bertz CT molecular complexity index is 575. The Hall–Kier alpha value is -1.59. The maximum Gasteiger partial charge on any atom is 0.323 e. The Labute approximate surface area is 91.4 Å². The molecule has 1 aromatic heterocycles.